The second-order valence-electron chi connectivity index (χ2n) is 7.40. The number of hydrogen-bond acceptors (Lipinski definition) is 7. The van der Waals surface area contributed by atoms with Gasteiger partial charge in [0.2, 0.25) is 5.91 Å². The molecule has 2 N–H and O–H groups in total. The molecule has 10 nitrogen and oxygen atoms in total. The number of nitro groups is 2. The van der Waals surface area contributed by atoms with E-state index < -0.39 is 21.2 Å². The Kier molecular flexibility index (Phi) is 8.04. The minimum Gasteiger partial charge on any atom is -0.326 e. The molecule has 0 unspecified atom stereocenters. The molecule has 1 amide bonds. The molecule has 0 aliphatic heterocycles. The Bertz CT molecular complexity index is 1240. The molecule has 0 bridgehead atoms. The van der Waals surface area contributed by atoms with Gasteiger partial charge in [0.25, 0.3) is 5.69 Å². The van der Waals surface area contributed by atoms with E-state index in [0.29, 0.717) is 11.4 Å². The van der Waals surface area contributed by atoms with Crippen LogP contribution in [0.15, 0.2) is 76.3 Å². The van der Waals surface area contributed by atoms with Gasteiger partial charge < -0.3 is 5.32 Å². The van der Waals surface area contributed by atoms with Gasteiger partial charge in [-0.1, -0.05) is 40.2 Å². The highest BCUT2D eigenvalue weighted by Gasteiger charge is 2.19. The van der Waals surface area contributed by atoms with Crippen LogP contribution in [0.2, 0.25) is 0 Å². The Balaban J connectivity index is 1.57. The topological polar surface area (TPSA) is 140 Å². The smallest absolute Gasteiger partial charge is 0.301 e. The summed E-state index contributed by atoms with van der Waals surface area (Å²) in [4.78, 5) is 32.9. The monoisotopic (exact) mass is 525 g/mol. The first kappa shape index (κ1) is 24.5. The van der Waals surface area contributed by atoms with Gasteiger partial charge in [-0.05, 0) is 54.8 Å². The Hall–Kier alpha value is -4.12. The lowest BCUT2D eigenvalue weighted by molar-refractivity contribution is -0.393. The molecule has 3 rings (SSSR count). The van der Waals surface area contributed by atoms with E-state index in [1.165, 1.54) is 11.6 Å². The number of rotatable bonds is 9. The molecule has 0 radical (unpaired) electrons. The number of hydrazone groups is 1. The number of nitro benzene ring substituents is 2. The van der Waals surface area contributed by atoms with E-state index in [2.05, 4.69) is 31.8 Å². The predicted octanol–water partition coefficient (Wildman–Crippen LogP) is 5.67. The normalized spacial score (nSPS) is 11.1. The van der Waals surface area contributed by atoms with E-state index in [-0.39, 0.29) is 18.0 Å². The molecule has 34 heavy (non-hydrogen) atoms. The molecule has 0 aliphatic rings. The van der Waals surface area contributed by atoms with Crippen molar-refractivity contribution in [2.24, 2.45) is 5.10 Å². The van der Waals surface area contributed by atoms with Crippen molar-refractivity contribution in [3.63, 3.8) is 0 Å². The third kappa shape index (κ3) is 6.94. The molecule has 0 aromatic heterocycles. The summed E-state index contributed by atoms with van der Waals surface area (Å²) in [6, 6.07) is 18.7. The molecule has 0 saturated carbocycles. The van der Waals surface area contributed by atoms with Crippen molar-refractivity contribution in [3.05, 3.63) is 103 Å². The second kappa shape index (κ2) is 11.1. The predicted molar refractivity (Wildman–Crippen MR) is 133 cm³/mol. The average molecular weight is 526 g/mol. The highest BCUT2D eigenvalue weighted by Crippen LogP contribution is 2.29. The van der Waals surface area contributed by atoms with Crippen LogP contribution in [0.25, 0.3) is 0 Å². The zero-order valence-electron chi connectivity index (χ0n) is 18.0. The molecule has 0 atom stereocenters. The number of anilines is 2. The molecule has 0 heterocycles. The third-order valence-electron chi connectivity index (χ3n) is 4.73. The fourth-order valence-electron chi connectivity index (χ4n) is 3.06. The van der Waals surface area contributed by atoms with Crippen LogP contribution in [-0.4, -0.2) is 21.5 Å². The van der Waals surface area contributed by atoms with E-state index in [1.807, 2.05) is 48.5 Å². The number of carbonyl (C=O) groups is 1. The van der Waals surface area contributed by atoms with Crippen LogP contribution in [-0.2, 0) is 11.2 Å². The molecular weight excluding hydrogens is 506 g/mol. The maximum absolute atomic E-state index is 12.3. The van der Waals surface area contributed by atoms with Crippen molar-refractivity contribution in [1.82, 2.24) is 0 Å². The van der Waals surface area contributed by atoms with Crippen molar-refractivity contribution in [2.75, 3.05) is 10.7 Å². The first-order valence-electron chi connectivity index (χ1n) is 10.1. The number of carbonyl (C=O) groups excluding carboxylic acids is 1. The highest BCUT2D eigenvalue weighted by molar-refractivity contribution is 9.10. The van der Waals surface area contributed by atoms with E-state index in [1.54, 1.807) is 6.92 Å². The maximum atomic E-state index is 12.3. The van der Waals surface area contributed by atoms with Crippen LogP contribution in [0.5, 0.6) is 0 Å². The standard InChI is InChI=1S/C23H20BrN5O5/c1-15(26-27-21-11-10-20(28(31)32)14-22(21)29(33)34)12-23(30)25-19-8-4-17(5-9-19)13-16-2-6-18(24)7-3-16/h2-11,14,27H,12-13H2,1H3,(H,25,30). The number of non-ortho nitro benzene ring substituents is 1. The van der Waals surface area contributed by atoms with Crippen LogP contribution >= 0.6 is 15.9 Å². The first-order chi connectivity index (χ1) is 16.2. The van der Waals surface area contributed by atoms with Gasteiger partial charge in [0, 0.05) is 21.9 Å². The number of halogens is 1. The summed E-state index contributed by atoms with van der Waals surface area (Å²) in [5.41, 5.74) is 4.88. The summed E-state index contributed by atoms with van der Waals surface area (Å²) >= 11 is 3.42. The van der Waals surface area contributed by atoms with E-state index in [0.717, 1.165) is 28.6 Å². The van der Waals surface area contributed by atoms with Gasteiger partial charge >= 0.3 is 5.69 Å². The Labute approximate surface area is 203 Å². The Morgan fingerprint density at radius 2 is 1.56 bits per heavy atom. The van der Waals surface area contributed by atoms with Crippen LogP contribution in [0, 0.1) is 20.2 Å². The molecule has 0 spiro atoms. The fourth-order valence-corrected chi connectivity index (χ4v) is 3.32. The molecule has 0 fully saturated rings. The summed E-state index contributed by atoms with van der Waals surface area (Å²) < 4.78 is 1.02. The third-order valence-corrected chi connectivity index (χ3v) is 5.26. The summed E-state index contributed by atoms with van der Waals surface area (Å²) in [7, 11) is 0. The summed E-state index contributed by atoms with van der Waals surface area (Å²) in [6.07, 6.45) is 0.724. The van der Waals surface area contributed by atoms with Crippen molar-refractivity contribution >= 4 is 50.3 Å². The van der Waals surface area contributed by atoms with Crippen molar-refractivity contribution < 1.29 is 14.6 Å². The minimum atomic E-state index is -0.743. The number of nitrogens with one attached hydrogen (secondary N) is 2. The van der Waals surface area contributed by atoms with Crippen LogP contribution in [0.4, 0.5) is 22.7 Å². The van der Waals surface area contributed by atoms with Crippen molar-refractivity contribution in [2.45, 2.75) is 19.8 Å². The number of nitrogens with zero attached hydrogens (tertiary/aromatic N) is 3. The molecule has 11 heteroatoms. The van der Waals surface area contributed by atoms with Gasteiger partial charge in [-0.2, -0.15) is 5.10 Å². The second-order valence-corrected chi connectivity index (χ2v) is 8.32. The van der Waals surface area contributed by atoms with E-state index in [4.69, 9.17) is 0 Å². The molecule has 3 aromatic rings. The van der Waals surface area contributed by atoms with E-state index >= 15 is 0 Å². The average Bonchev–Trinajstić information content (AvgIpc) is 2.80. The highest BCUT2D eigenvalue weighted by atomic mass is 79.9. The Morgan fingerprint density at radius 1 is 0.941 bits per heavy atom. The quantitative estimate of drug-likeness (QED) is 0.209. The van der Waals surface area contributed by atoms with Crippen molar-refractivity contribution in [1.29, 1.82) is 0 Å². The van der Waals surface area contributed by atoms with Gasteiger partial charge in [-0.25, -0.2) is 0 Å². The van der Waals surface area contributed by atoms with Gasteiger partial charge in [-0.15, -0.1) is 0 Å². The zero-order valence-corrected chi connectivity index (χ0v) is 19.6. The number of hydrogen-bond donors (Lipinski definition) is 2. The first-order valence-corrected chi connectivity index (χ1v) is 10.9. The lowest BCUT2D eigenvalue weighted by Gasteiger charge is -2.08. The molecule has 3 aromatic carbocycles. The maximum Gasteiger partial charge on any atom is 0.301 e. The SMILES string of the molecule is CC(CC(=O)Nc1ccc(Cc2ccc(Br)cc2)cc1)=NNc1ccc([N+](=O)[O-])cc1[N+](=O)[O-]. The largest absolute Gasteiger partial charge is 0.326 e. The summed E-state index contributed by atoms with van der Waals surface area (Å²) in [5.74, 6) is -0.304. The zero-order chi connectivity index (χ0) is 24.7. The number of benzene rings is 3. The van der Waals surface area contributed by atoms with Crippen LogP contribution in [0.3, 0.4) is 0 Å². The summed E-state index contributed by atoms with van der Waals surface area (Å²) in [6.45, 7) is 1.59. The minimum absolute atomic E-state index is 0.0169. The Morgan fingerprint density at radius 3 is 2.15 bits per heavy atom. The molecular formula is C23H20BrN5O5. The van der Waals surface area contributed by atoms with Gasteiger partial charge in [0.05, 0.1) is 22.3 Å². The lowest BCUT2D eigenvalue weighted by Crippen LogP contribution is -2.15. The molecule has 0 saturated heterocycles. The summed E-state index contributed by atoms with van der Waals surface area (Å²) in [5, 5.41) is 28.8. The van der Waals surface area contributed by atoms with E-state index in [9.17, 15) is 25.0 Å². The van der Waals surface area contributed by atoms with Crippen LogP contribution < -0.4 is 10.7 Å². The van der Waals surface area contributed by atoms with Crippen LogP contribution in [0.1, 0.15) is 24.5 Å². The molecule has 0 aliphatic carbocycles. The van der Waals surface area contributed by atoms with Gasteiger partial charge in [-0.3, -0.25) is 30.4 Å². The number of amides is 1. The fraction of sp³-hybridized carbons (Fsp3) is 0.130. The van der Waals surface area contributed by atoms with Gasteiger partial charge in [0.15, 0.2) is 0 Å². The van der Waals surface area contributed by atoms with Gasteiger partial charge in [0.1, 0.15) is 5.69 Å². The molecule has 174 valence electrons. The van der Waals surface area contributed by atoms with Crippen molar-refractivity contribution in [3.8, 4) is 0 Å². The lowest BCUT2D eigenvalue weighted by atomic mass is 10.0.